The van der Waals surface area contributed by atoms with Crippen LogP contribution in [0, 0.1) is 5.41 Å². The van der Waals surface area contributed by atoms with Crippen molar-refractivity contribution in [2.45, 2.75) is 44.4 Å². The van der Waals surface area contributed by atoms with Crippen molar-refractivity contribution in [1.82, 2.24) is 10.3 Å². The minimum Gasteiger partial charge on any atom is -0.444 e. The Balaban J connectivity index is 1.20. The number of aromatic amines is 1. The van der Waals surface area contributed by atoms with Gasteiger partial charge in [0.15, 0.2) is 5.78 Å². The summed E-state index contributed by atoms with van der Waals surface area (Å²) in [4.78, 5) is 42.8. The van der Waals surface area contributed by atoms with Crippen LogP contribution in [0.1, 0.15) is 30.9 Å². The van der Waals surface area contributed by atoms with Crippen LogP contribution in [0.15, 0.2) is 109 Å². The maximum atomic E-state index is 13.9. The summed E-state index contributed by atoms with van der Waals surface area (Å²) in [5.74, 6) is -0.957. The fourth-order valence-electron chi connectivity index (χ4n) is 5.65. The van der Waals surface area contributed by atoms with Crippen molar-refractivity contribution in [3.8, 4) is 11.1 Å². The number of fused-ring (bicyclic) bond motifs is 1. The van der Waals surface area contributed by atoms with Crippen molar-refractivity contribution in [3.63, 3.8) is 0 Å². The Morgan fingerprint density at radius 2 is 1.67 bits per heavy atom. The summed E-state index contributed by atoms with van der Waals surface area (Å²) in [5.41, 5.74) is 15.1. The van der Waals surface area contributed by atoms with Crippen LogP contribution in [-0.4, -0.2) is 34.3 Å². The van der Waals surface area contributed by atoms with Gasteiger partial charge in [-0.05, 0) is 54.5 Å². The molecule has 43 heavy (non-hydrogen) atoms. The lowest BCUT2D eigenvalue weighted by molar-refractivity contribution is -0.131. The molecule has 8 heteroatoms. The first-order valence-electron chi connectivity index (χ1n) is 14.3. The highest BCUT2D eigenvalue weighted by atomic mass is 16.5. The molecule has 0 aliphatic heterocycles. The van der Waals surface area contributed by atoms with Crippen molar-refractivity contribution < 1.29 is 19.1 Å². The zero-order chi connectivity index (χ0) is 30.5. The van der Waals surface area contributed by atoms with E-state index in [4.69, 9.17) is 16.2 Å². The number of carbonyl (C=O) groups is 3. The molecule has 6 N–H and O–H groups in total. The van der Waals surface area contributed by atoms with E-state index in [1.165, 1.54) is 6.92 Å². The highest BCUT2D eigenvalue weighted by molar-refractivity contribution is 5.99. The number of allylic oxidation sites excluding steroid dienone is 4. The Labute approximate surface area is 250 Å². The van der Waals surface area contributed by atoms with Crippen molar-refractivity contribution in [3.05, 3.63) is 120 Å². The van der Waals surface area contributed by atoms with Crippen LogP contribution >= 0.6 is 0 Å². The summed E-state index contributed by atoms with van der Waals surface area (Å²) in [7, 11) is 0. The van der Waals surface area contributed by atoms with E-state index >= 15 is 0 Å². The van der Waals surface area contributed by atoms with Crippen LogP contribution in [0.3, 0.4) is 0 Å². The van der Waals surface area contributed by atoms with Gasteiger partial charge in [-0.25, -0.2) is 4.79 Å². The third-order valence-corrected chi connectivity index (χ3v) is 7.93. The number of rotatable bonds is 10. The van der Waals surface area contributed by atoms with Crippen molar-refractivity contribution in [2.24, 2.45) is 16.9 Å². The minimum absolute atomic E-state index is 0.0197. The maximum Gasteiger partial charge on any atom is 0.414 e. The molecule has 0 saturated carbocycles. The van der Waals surface area contributed by atoms with Gasteiger partial charge in [0.25, 0.3) is 0 Å². The van der Waals surface area contributed by atoms with E-state index in [1.807, 2.05) is 97.2 Å². The Morgan fingerprint density at radius 3 is 2.40 bits per heavy atom. The van der Waals surface area contributed by atoms with Gasteiger partial charge in [-0.2, -0.15) is 0 Å². The number of nitrogens with one attached hydrogen (secondary N) is 2. The molecule has 0 saturated heterocycles. The lowest BCUT2D eigenvalue weighted by Gasteiger charge is -2.37. The SMILES string of the molecule is CC(N)(CC1(C(=O)[C@@H](N)Cc2c[nH]c3ccccc23)C=CC=CC1)C(=O)NC(=O)OCc1ccc(-c2ccccc2)cc1. The van der Waals surface area contributed by atoms with E-state index < -0.39 is 29.0 Å². The first-order valence-corrected chi connectivity index (χ1v) is 14.3. The second-order valence-corrected chi connectivity index (χ2v) is 11.4. The van der Waals surface area contributed by atoms with Gasteiger partial charge in [0.05, 0.1) is 17.0 Å². The minimum atomic E-state index is -1.57. The fourth-order valence-corrected chi connectivity index (χ4v) is 5.65. The molecule has 1 aliphatic rings. The summed E-state index contributed by atoms with van der Waals surface area (Å²) in [5, 5.41) is 3.25. The molecule has 8 nitrogen and oxygen atoms in total. The average Bonchev–Trinajstić information content (AvgIpc) is 3.43. The second kappa shape index (κ2) is 12.6. The standard InChI is InChI=1S/C35H36N4O4/c1-34(37,32(41)39-33(42)43-22-24-14-16-26(17-15-24)25-10-4-2-5-11-25)23-35(18-8-3-9-19-35)31(40)29(36)20-27-21-38-30-13-7-6-12-28(27)30/h2-18,21,29,38H,19-20,22-23,36-37H2,1H3,(H,39,41,42)/t29-,34?,35?/m0/s1. The van der Waals surface area contributed by atoms with Crippen LogP contribution < -0.4 is 16.8 Å². The van der Waals surface area contributed by atoms with Crippen molar-refractivity contribution in [2.75, 3.05) is 0 Å². The smallest absolute Gasteiger partial charge is 0.414 e. The lowest BCUT2D eigenvalue weighted by atomic mass is 9.67. The monoisotopic (exact) mass is 576 g/mol. The Bertz CT molecular complexity index is 1670. The number of alkyl carbamates (subject to hydrolysis) is 1. The number of nitrogens with two attached hydrogens (primary N) is 2. The van der Waals surface area contributed by atoms with Gasteiger partial charge in [-0.1, -0.05) is 97.1 Å². The summed E-state index contributed by atoms with van der Waals surface area (Å²) >= 11 is 0. The van der Waals surface area contributed by atoms with Gasteiger partial charge in [0.1, 0.15) is 6.61 Å². The van der Waals surface area contributed by atoms with E-state index in [1.54, 1.807) is 12.2 Å². The molecule has 4 aromatic rings. The van der Waals surface area contributed by atoms with Crippen molar-refractivity contribution in [1.29, 1.82) is 0 Å². The number of para-hydroxylation sites is 1. The first kappa shape index (κ1) is 29.7. The molecule has 2 unspecified atom stereocenters. The quantitative estimate of drug-likeness (QED) is 0.201. The molecule has 0 fully saturated rings. The molecule has 5 rings (SSSR count). The van der Waals surface area contributed by atoms with Crippen LogP contribution in [0.5, 0.6) is 0 Å². The number of Topliss-reactive ketones (excluding diaryl/α,β-unsaturated/α-hetero) is 1. The van der Waals surface area contributed by atoms with Crippen LogP contribution in [0.2, 0.25) is 0 Å². The molecule has 0 bridgehead atoms. The van der Waals surface area contributed by atoms with E-state index in [0.717, 1.165) is 33.2 Å². The Kier molecular flexibility index (Phi) is 8.71. The van der Waals surface area contributed by atoms with Crippen molar-refractivity contribution >= 4 is 28.7 Å². The predicted octanol–water partition coefficient (Wildman–Crippen LogP) is 5.34. The molecule has 0 spiro atoms. The predicted molar refractivity (Wildman–Crippen MR) is 168 cm³/mol. The van der Waals surface area contributed by atoms with Crippen LogP contribution in [-0.2, 0) is 27.4 Å². The van der Waals surface area contributed by atoms with Gasteiger partial charge in [0.2, 0.25) is 5.91 Å². The van der Waals surface area contributed by atoms with Gasteiger partial charge in [-0.3, -0.25) is 14.9 Å². The Morgan fingerprint density at radius 1 is 0.977 bits per heavy atom. The molecule has 1 aliphatic carbocycles. The average molecular weight is 577 g/mol. The molecule has 0 radical (unpaired) electrons. The summed E-state index contributed by atoms with van der Waals surface area (Å²) in [6.07, 6.45) is 8.82. The van der Waals surface area contributed by atoms with Crippen LogP contribution in [0.4, 0.5) is 4.79 Å². The van der Waals surface area contributed by atoms with Gasteiger partial charge >= 0.3 is 6.09 Å². The number of H-pyrrole nitrogens is 1. The number of aromatic nitrogens is 1. The van der Waals surface area contributed by atoms with Gasteiger partial charge in [-0.15, -0.1) is 0 Å². The third kappa shape index (κ3) is 6.83. The number of carbonyl (C=O) groups excluding carboxylic acids is 3. The number of hydrogen-bond acceptors (Lipinski definition) is 6. The van der Waals surface area contributed by atoms with Gasteiger partial charge in [0, 0.05) is 17.1 Å². The third-order valence-electron chi connectivity index (χ3n) is 7.93. The number of ketones is 1. The van der Waals surface area contributed by atoms with E-state index in [2.05, 4.69) is 10.3 Å². The summed E-state index contributed by atoms with van der Waals surface area (Å²) in [6, 6.07) is 24.5. The lowest BCUT2D eigenvalue weighted by Crippen LogP contribution is -2.58. The topological polar surface area (TPSA) is 140 Å². The normalized spacial score (nSPS) is 18.1. The van der Waals surface area contributed by atoms with Crippen LogP contribution in [0.25, 0.3) is 22.0 Å². The van der Waals surface area contributed by atoms with E-state index in [9.17, 15) is 14.4 Å². The fraction of sp³-hybridized carbons (Fsp3) is 0.229. The zero-order valence-electron chi connectivity index (χ0n) is 24.1. The molecule has 220 valence electrons. The first-order chi connectivity index (χ1) is 20.7. The number of benzene rings is 3. The maximum absolute atomic E-state index is 13.9. The largest absolute Gasteiger partial charge is 0.444 e. The summed E-state index contributed by atoms with van der Waals surface area (Å²) in [6.45, 7) is 1.48. The highest BCUT2D eigenvalue weighted by Crippen LogP contribution is 2.38. The number of hydrogen-bond donors (Lipinski definition) is 4. The number of ether oxygens (including phenoxy) is 1. The summed E-state index contributed by atoms with van der Waals surface area (Å²) < 4.78 is 5.29. The molecule has 3 aromatic carbocycles. The molecule has 1 aromatic heterocycles. The van der Waals surface area contributed by atoms with E-state index in [-0.39, 0.29) is 18.8 Å². The molecule has 3 atom stereocenters. The van der Waals surface area contributed by atoms with Gasteiger partial charge < -0.3 is 21.2 Å². The second-order valence-electron chi connectivity index (χ2n) is 11.4. The number of imide groups is 1. The molecular formula is C35H36N4O4. The molecule has 1 heterocycles. The highest BCUT2D eigenvalue weighted by Gasteiger charge is 2.46. The van der Waals surface area contributed by atoms with E-state index in [0.29, 0.717) is 12.8 Å². The molecule has 2 amide bonds. The zero-order valence-corrected chi connectivity index (χ0v) is 24.1. The Hall–Kier alpha value is -4.79. The molecular weight excluding hydrogens is 540 g/mol. The number of amides is 2.